The first kappa shape index (κ1) is 21.1. The Morgan fingerprint density at radius 2 is 1.85 bits per heavy atom. The normalized spacial score (nSPS) is 25.2. The zero-order valence-electron chi connectivity index (χ0n) is 16.1. The number of nitrogens with zero attached hydrogens (tertiary/aromatic N) is 1. The van der Waals surface area contributed by atoms with E-state index >= 15 is 0 Å². The van der Waals surface area contributed by atoms with E-state index in [0.29, 0.717) is 32.4 Å². The topological polar surface area (TPSA) is 128 Å². The van der Waals surface area contributed by atoms with Gasteiger partial charge in [-0.2, -0.15) is 0 Å². The maximum Gasteiger partial charge on any atom is 0.326 e. The van der Waals surface area contributed by atoms with Gasteiger partial charge >= 0.3 is 5.97 Å². The second kappa shape index (κ2) is 9.16. The van der Waals surface area contributed by atoms with E-state index in [-0.39, 0.29) is 11.8 Å². The fraction of sp³-hybridized carbons (Fsp3) is 0.778. The fourth-order valence-electron chi connectivity index (χ4n) is 3.29. The molecular weight excluding hydrogens is 354 g/mol. The summed E-state index contributed by atoms with van der Waals surface area (Å²) in [4.78, 5) is 49.8. The van der Waals surface area contributed by atoms with Gasteiger partial charge in [-0.25, -0.2) is 4.79 Å². The highest BCUT2D eigenvalue weighted by atomic mass is 16.6. The Bertz CT molecular complexity index is 594. The van der Waals surface area contributed by atoms with Crippen molar-refractivity contribution in [1.29, 1.82) is 0 Å². The molecule has 0 saturated carbocycles. The van der Waals surface area contributed by atoms with Crippen molar-refractivity contribution in [2.24, 2.45) is 5.92 Å². The van der Waals surface area contributed by atoms with Crippen LogP contribution in [0.1, 0.15) is 46.5 Å². The Balaban J connectivity index is 1.98. The van der Waals surface area contributed by atoms with Crippen LogP contribution in [0.4, 0.5) is 0 Å². The Hall–Kier alpha value is -2.16. The Kier molecular flexibility index (Phi) is 7.18. The lowest BCUT2D eigenvalue weighted by molar-refractivity contribution is -0.149. The molecule has 0 aromatic carbocycles. The molecule has 2 saturated heterocycles. The molecule has 3 amide bonds. The highest BCUT2D eigenvalue weighted by Crippen LogP contribution is 2.24. The van der Waals surface area contributed by atoms with Crippen molar-refractivity contribution in [2.75, 3.05) is 13.1 Å². The third-order valence-corrected chi connectivity index (χ3v) is 4.70. The minimum absolute atomic E-state index is 0.119. The van der Waals surface area contributed by atoms with Crippen molar-refractivity contribution in [3.63, 3.8) is 0 Å². The molecule has 2 rings (SSSR count). The molecule has 0 unspecified atom stereocenters. The minimum atomic E-state index is -1.03. The molecule has 27 heavy (non-hydrogen) atoms. The zero-order chi connectivity index (χ0) is 20.1. The molecule has 9 nitrogen and oxygen atoms in total. The molecule has 9 heteroatoms. The van der Waals surface area contributed by atoms with Gasteiger partial charge in [-0.05, 0) is 31.6 Å². The van der Waals surface area contributed by atoms with Gasteiger partial charge < -0.3 is 25.4 Å². The summed E-state index contributed by atoms with van der Waals surface area (Å²) in [6.45, 7) is 6.62. The van der Waals surface area contributed by atoms with Crippen molar-refractivity contribution < 1.29 is 29.0 Å². The van der Waals surface area contributed by atoms with E-state index in [0.717, 1.165) is 6.42 Å². The van der Waals surface area contributed by atoms with Crippen LogP contribution in [-0.4, -0.2) is 71.1 Å². The van der Waals surface area contributed by atoms with E-state index in [1.807, 2.05) is 20.8 Å². The molecule has 0 aliphatic carbocycles. The van der Waals surface area contributed by atoms with Crippen molar-refractivity contribution in [2.45, 2.75) is 70.7 Å². The van der Waals surface area contributed by atoms with Gasteiger partial charge in [-0.15, -0.1) is 0 Å². The second-order valence-corrected chi connectivity index (χ2v) is 7.49. The number of rotatable bonds is 9. The maximum atomic E-state index is 12.9. The maximum absolute atomic E-state index is 12.9. The molecule has 4 atom stereocenters. The number of carbonyl (C=O) groups excluding carboxylic acids is 3. The van der Waals surface area contributed by atoms with Crippen LogP contribution in [0.2, 0.25) is 0 Å². The summed E-state index contributed by atoms with van der Waals surface area (Å²) < 4.78 is 5.16. The number of aliphatic carboxylic acids is 1. The van der Waals surface area contributed by atoms with Gasteiger partial charge in [-0.1, -0.05) is 20.8 Å². The van der Waals surface area contributed by atoms with Gasteiger partial charge in [0.15, 0.2) is 12.2 Å². The Morgan fingerprint density at radius 3 is 2.44 bits per heavy atom. The molecule has 0 spiro atoms. The number of hydrogen-bond donors (Lipinski definition) is 3. The van der Waals surface area contributed by atoms with E-state index in [1.54, 1.807) is 0 Å². The highest BCUT2D eigenvalue weighted by Gasteiger charge is 2.51. The Morgan fingerprint density at radius 1 is 1.19 bits per heavy atom. The second-order valence-electron chi connectivity index (χ2n) is 7.49. The molecule has 2 aliphatic rings. The monoisotopic (exact) mass is 383 g/mol. The molecular formula is C18H29N3O6. The third-order valence-electron chi connectivity index (χ3n) is 4.70. The lowest BCUT2D eigenvalue weighted by Crippen LogP contribution is -2.53. The van der Waals surface area contributed by atoms with Crippen molar-refractivity contribution >= 4 is 23.7 Å². The summed E-state index contributed by atoms with van der Waals surface area (Å²) in [6.07, 6.45) is 0.460. The predicted molar refractivity (Wildman–Crippen MR) is 95.7 cm³/mol. The number of carboxylic acids is 1. The summed E-state index contributed by atoms with van der Waals surface area (Å²) in [5, 5.41) is 14.6. The molecule has 152 valence electrons. The van der Waals surface area contributed by atoms with E-state index in [4.69, 9.17) is 4.74 Å². The smallest absolute Gasteiger partial charge is 0.326 e. The summed E-state index contributed by atoms with van der Waals surface area (Å²) in [6, 6.07) is -1.69. The van der Waals surface area contributed by atoms with Gasteiger partial charge in [0, 0.05) is 13.1 Å². The number of carboxylic acid groups (broad SMARTS) is 1. The minimum Gasteiger partial charge on any atom is -0.480 e. The quantitative estimate of drug-likeness (QED) is 0.477. The van der Waals surface area contributed by atoms with E-state index in [2.05, 4.69) is 10.6 Å². The van der Waals surface area contributed by atoms with Crippen molar-refractivity contribution in [3.05, 3.63) is 0 Å². The van der Waals surface area contributed by atoms with Gasteiger partial charge in [-0.3, -0.25) is 14.4 Å². The number of hydrogen-bond acceptors (Lipinski definition) is 5. The zero-order valence-corrected chi connectivity index (χ0v) is 16.1. The predicted octanol–water partition coefficient (Wildman–Crippen LogP) is -0.113. The van der Waals surface area contributed by atoms with Crippen LogP contribution in [0.15, 0.2) is 0 Å². The molecule has 0 radical (unpaired) electrons. The third kappa shape index (κ3) is 5.41. The van der Waals surface area contributed by atoms with Gasteiger partial charge in [0.1, 0.15) is 12.1 Å². The highest BCUT2D eigenvalue weighted by molar-refractivity contribution is 5.97. The number of nitrogens with one attached hydrogen (secondary N) is 2. The van der Waals surface area contributed by atoms with Crippen LogP contribution < -0.4 is 10.6 Å². The summed E-state index contributed by atoms with van der Waals surface area (Å²) in [5.74, 6) is -2.16. The molecule has 0 bridgehead atoms. The van der Waals surface area contributed by atoms with Crippen LogP contribution in [0, 0.1) is 5.92 Å². The molecule has 2 aliphatic heterocycles. The molecule has 0 aromatic heterocycles. The molecule has 2 fully saturated rings. The number of epoxide rings is 1. The van der Waals surface area contributed by atoms with Crippen LogP contribution >= 0.6 is 0 Å². The lowest BCUT2D eigenvalue weighted by atomic mass is 10.0. The summed E-state index contributed by atoms with van der Waals surface area (Å²) >= 11 is 0. The average Bonchev–Trinajstić information content (AvgIpc) is 3.26. The Labute approximate surface area is 158 Å². The first-order valence-electron chi connectivity index (χ1n) is 9.53. The fourth-order valence-corrected chi connectivity index (χ4v) is 3.29. The lowest BCUT2D eigenvalue weighted by Gasteiger charge is -2.28. The largest absolute Gasteiger partial charge is 0.480 e. The molecule has 0 aromatic rings. The number of likely N-dealkylation sites (tertiary alicyclic amines) is 1. The number of ether oxygens (including phenoxy) is 1. The summed E-state index contributed by atoms with van der Waals surface area (Å²) in [5.41, 5.74) is 0. The SMILES string of the molecule is CCCNC(=O)[C@H]1O[C@@H]1C(=O)N[C@@H](CC(C)C)C(=O)N1CCC[C@H]1C(=O)O. The summed E-state index contributed by atoms with van der Waals surface area (Å²) in [7, 11) is 0. The van der Waals surface area contributed by atoms with Crippen molar-refractivity contribution in [3.8, 4) is 0 Å². The van der Waals surface area contributed by atoms with Crippen LogP contribution in [-0.2, 0) is 23.9 Å². The van der Waals surface area contributed by atoms with Crippen LogP contribution in [0.3, 0.4) is 0 Å². The molecule has 3 N–H and O–H groups in total. The number of amides is 3. The molecule has 2 heterocycles. The first-order valence-corrected chi connectivity index (χ1v) is 9.53. The van der Waals surface area contributed by atoms with Gasteiger partial charge in [0.25, 0.3) is 11.8 Å². The standard InChI is InChI=1S/C18H29N3O6/c1-4-7-19-15(22)13-14(27-13)16(23)20-11(9-10(2)3)17(24)21-8-5-6-12(21)18(25)26/h10-14H,4-9H2,1-3H3,(H,19,22)(H,20,23)(H,25,26)/t11-,12-,13-,14-/m0/s1. The first-order chi connectivity index (χ1) is 12.8. The van der Waals surface area contributed by atoms with Crippen molar-refractivity contribution in [1.82, 2.24) is 15.5 Å². The van der Waals surface area contributed by atoms with Gasteiger partial charge in [0.2, 0.25) is 5.91 Å². The van der Waals surface area contributed by atoms with E-state index < -0.39 is 42.1 Å². The van der Waals surface area contributed by atoms with Crippen LogP contribution in [0.5, 0.6) is 0 Å². The van der Waals surface area contributed by atoms with E-state index in [9.17, 15) is 24.3 Å². The number of carbonyl (C=O) groups is 4. The van der Waals surface area contributed by atoms with Gasteiger partial charge in [0.05, 0.1) is 0 Å². The average molecular weight is 383 g/mol. The van der Waals surface area contributed by atoms with Crippen LogP contribution in [0.25, 0.3) is 0 Å². The van der Waals surface area contributed by atoms with E-state index in [1.165, 1.54) is 4.90 Å².